The summed E-state index contributed by atoms with van der Waals surface area (Å²) in [6, 6.07) is 5.49. The third kappa shape index (κ3) is 2.70. The Morgan fingerprint density at radius 2 is 2.11 bits per heavy atom. The van der Waals surface area contributed by atoms with Crippen LogP contribution in [0.25, 0.3) is 21.3 Å². The van der Waals surface area contributed by atoms with Gasteiger partial charge in [-0.05, 0) is 53.5 Å². The number of rotatable bonds is 2. The van der Waals surface area contributed by atoms with Gasteiger partial charge >= 0.3 is 4.87 Å². The van der Waals surface area contributed by atoms with E-state index in [0.717, 1.165) is 53.0 Å². The fourth-order valence-electron chi connectivity index (χ4n) is 4.76. The maximum atomic E-state index is 12.3. The van der Waals surface area contributed by atoms with E-state index in [4.69, 9.17) is 4.11 Å². The molecular weight excluding hydrogens is 370 g/mol. The summed E-state index contributed by atoms with van der Waals surface area (Å²) in [6.07, 6.45) is 6.14. The van der Waals surface area contributed by atoms with Gasteiger partial charge in [-0.1, -0.05) is 24.3 Å². The van der Waals surface area contributed by atoms with Crippen LogP contribution >= 0.6 is 11.3 Å². The van der Waals surface area contributed by atoms with Crippen LogP contribution in [0.1, 0.15) is 28.6 Å². The molecule has 3 aromatic rings. The van der Waals surface area contributed by atoms with Gasteiger partial charge in [-0.25, -0.2) is 0 Å². The number of thiazole rings is 1. The van der Waals surface area contributed by atoms with Gasteiger partial charge in [0, 0.05) is 48.6 Å². The molecule has 3 heterocycles. The van der Waals surface area contributed by atoms with E-state index in [9.17, 15) is 9.59 Å². The quantitative estimate of drug-likeness (QED) is 0.668. The average Bonchev–Trinajstić information content (AvgIpc) is 3.29. The minimum atomic E-state index is -2.50. The van der Waals surface area contributed by atoms with Gasteiger partial charge in [0.2, 0.25) is 5.91 Å². The van der Waals surface area contributed by atoms with Crippen molar-refractivity contribution >= 4 is 27.5 Å². The molecule has 0 unspecified atom stereocenters. The summed E-state index contributed by atoms with van der Waals surface area (Å²) in [5.74, 6) is 1.14. The lowest BCUT2D eigenvalue weighted by molar-refractivity contribution is -0.130. The van der Waals surface area contributed by atoms with Crippen molar-refractivity contribution in [2.45, 2.75) is 26.2 Å². The van der Waals surface area contributed by atoms with Crippen molar-refractivity contribution in [2.24, 2.45) is 18.8 Å². The Morgan fingerprint density at radius 1 is 1.29 bits per heavy atom. The normalized spacial score (nSPS) is 23.0. The summed E-state index contributed by atoms with van der Waals surface area (Å²) >= 11 is 0.956. The van der Waals surface area contributed by atoms with Crippen molar-refractivity contribution in [1.29, 1.82) is 0 Å². The first-order valence-corrected chi connectivity index (χ1v) is 10.5. The van der Waals surface area contributed by atoms with Crippen molar-refractivity contribution in [2.75, 3.05) is 13.1 Å². The van der Waals surface area contributed by atoms with Crippen LogP contribution in [0.5, 0.6) is 0 Å². The Labute approximate surface area is 171 Å². The van der Waals surface area contributed by atoms with Crippen molar-refractivity contribution in [3.8, 4) is 11.1 Å². The number of hydrogen-bond donors (Lipinski definition) is 0. The van der Waals surface area contributed by atoms with E-state index in [-0.39, 0.29) is 5.91 Å². The Balaban J connectivity index is 1.53. The largest absolute Gasteiger partial charge is 0.342 e. The number of hydrogen-bond acceptors (Lipinski definition) is 4. The summed E-state index contributed by atoms with van der Waals surface area (Å²) in [5, 5.41) is 0. The van der Waals surface area contributed by atoms with Gasteiger partial charge < -0.3 is 9.47 Å². The summed E-state index contributed by atoms with van der Waals surface area (Å²) in [4.78, 5) is 30.5. The lowest BCUT2D eigenvalue weighted by Crippen LogP contribution is -2.28. The molecule has 0 saturated carbocycles. The molecule has 5 nitrogen and oxygen atoms in total. The van der Waals surface area contributed by atoms with Gasteiger partial charge in [-0.3, -0.25) is 14.6 Å². The number of amides is 1. The van der Waals surface area contributed by atoms with E-state index in [0.29, 0.717) is 28.5 Å². The second-order valence-corrected chi connectivity index (χ2v) is 8.78. The molecule has 0 radical (unpaired) electrons. The van der Waals surface area contributed by atoms with Crippen LogP contribution < -0.4 is 4.87 Å². The predicted molar refractivity (Wildman–Crippen MR) is 112 cm³/mol. The molecule has 0 N–H and O–H groups in total. The first-order valence-electron chi connectivity index (χ1n) is 11.2. The van der Waals surface area contributed by atoms with Gasteiger partial charge in [-0.15, -0.1) is 0 Å². The molecule has 1 saturated heterocycles. The van der Waals surface area contributed by atoms with E-state index in [1.54, 1.807) is 6.07 Å². The first-order chi connectivity index (χ1) is 14.8. The number of benzene rings is 1. The highest BCUT2D eigenvalue weighted by Gasteiger charge is 2.38. The highest BCUT2D eigenvalue weighted by atomic mass is 32.1. The molecule has 28 heavy (non-hydrogen) atoms. The molecule has 1 amide bonds. The molecule has 1 aliphatic carbocycles. The molecular formula is C22H23N3O2S. The molecule has 2 atom stereocenters. The number of aryl methyl sites for hydroxylation is 1. The standard InChI is InChI=1S/C22H23N3O2S/c1-3-21(26)25-11-15-6-14-9-23-10-18(17(14)7-16(15)12-25)13-4-5-19-20(8-13)28-22(27)24(19)2/h4-5,8-10,15-16H,3,6-7,11-12H2,1-2H3/t15-,16-/m1/s1/i2D3. The number of pyridine rings is 1. The number of aromatic nitrogens is 2. The molecule has 1 fully saturated rings. The topological polar surface area (TPSA) is 55.2 Å². The maximum absolute atomic E-state index is 12.3. The second kappa shape index (κ2) is 6.55. The molecule has 6 heteroatoms. The maximum Gasteiger partial charge on any atom is 0.307 e. The van der Waals surface area contributed by atoms with Crippen LogP contribution in [-0.4, -0.2) is 33.4 Å². The van der Waals surface area contributed by atoms with Crippen LogP contribution in [0, 0.1) is 11.8 Å². The van der Waals surface area contributed by atoms with Gasteiger partial charge in [0.1, 0.15) is 0 Å². The fourth-order valence-corrected chi connectivity index (χ4v) is 5.58. The molecule has 0 bridgehead atoms. The first kappa shape index (κ1) is 14.5. The van der Waals surface area contributed by atoms with Crippen LogP contribution in [0.2, 0.25) is 0 Å². The molecule has 1 aromatic carbocycles. The van der Waals surface area contributed by atoms with E-state index in [1.807, 2.05) is 36.4 Å². The third-order valence-electron chi connectivity index (χ3n) is 6.22. The van der Waals surface area contributed by atoms with Crippen molar-refractivity contribution in [3.05, 3.63) is 51.4 Å². The smallest absolute Gasteiger partial charge is 0.307 e. The molecule has 2 aliphatic rings. The summed E-state index contributed by atoms with van der Waals surface area (Å²) in [6.45, 7) is 1.04. The number of fused-ring (bicyclic) bond motifs is 3. The zero-order valence-corrected chi connectivity index (χ0v) is 16.5. The van der Waals surface area contributed by atoms with Crippen molar-refractivity contribution in [1.82, 2.24) is 14.5 Å². The van der Waals surface area contributed by atoms with Gasteiger partial charge in [-0.2, -0.15) is 0 Å². The Morgan fingerprint density at radius 3 is 2.89 bits per heavy atom. The van der Waals surface area contributed by atoms with E-state index < -0.39 is 11.8 Å². The molecule has 5 rings (SSSR count). The number of nitrogens with zero attached hydrogens (tertiary/aromatic N) is 3. The number of carbonyl (C=O) groups excluding carboxylic acids is 1. The van der Waals surface area contributed by atoms with Crippen LogP contribution in [-0.2, 0) is 24.6 Å². The number of carbonyl (C=O) groups is 1. The van der Waals surface area contributed by atoms with E-state index in [2.05, 4.69) is 4.98 Å². The minimum absolute atomic E-state index is 0.218. The molecule has 0 spiro atoms. The van der Waals surface area contributed by atoms with Crippen LogP contribution in [0.3, 0.4) is 0 Å². The third-order valence-corrected chi connectivity index (χ3v) is 7.12. The van der Waals surface area contributed by atoms with Gasteiger partial charge in [0.15, 0.2) is 0 Å². The highest BCUT2D eigenvalue weighted by molar-refractivity contribution is 7.16. The molecule has 2 aromatic heterocycles. The van der Waals surface area contributed by atoms with Gasteiger partial charge in [0.25, 0.3) is 0 Å². The second-order valence-electron chi connectivity index (χ2n) is 7.79. The Hall–Kier alpha value is -2.47. The highest BCUT2D eigenvalue weighted by Crippen LogP contribution is 2.40. The zero-order valence-electron chi connectivity index (χ0n) is 18.6. The average molecular weight is 397 g/mol. The van der Waals surface area contributed by atoms with Crippen LogP contribution in [0.15, 0.2) is 35.4 Å². The zero-order chi connectivity index (χ0) is 21.9. The fraction of sp³-hybridized carbons (Fsp3) is 0.409. The lowest BCUT2D eigenvalue weighted by atomic mass is 9.76. The predicted octanol–water partition coefficient (Wildman–Crippen LogP) is 3.25. The molecule has 144 valence electrons. The SMILES string of the molecule is [2H]C([2H])([2H])n1c(=O)sc2cc(-c3cncc4c3C[C@@H]3CN(C(=O)CC)C[C@H]3C4)ccc21. The summed E-state index contributed by atoms with van der Waals surface area (Å²) in [5.41, 5.74) is 4.87. The van der Waals surface area contributed by atoms with E-state index in [1.165, 1.54) is 11.1 Å². The Bertz CT molecular complexity index is 1250. The lowest BCUT2D eigenvalue weighted by Gasteiger charge is -2.28. The van der Waals surface area contributed by atoms with Crippen LogP contribution in [0.4, 0.5) is 0 Å². The summed E-state index contributed by atoms with van der Waals surface area (Å²) in [7, 11) is 0. The number of likely N-dealkylation sites (tertiary alicyclic amines) is 1. The van der Waals surface area contributed by atoms with Crippen molar-refractivity contribution in [3.63, 3.8) is 0 Å². The summed E-state index contributed by atoms with van der Waals surface area (Å²) < 4.78 is 24.5. The van der Waals surface area contributed by atoms with E-state index >= 15 is 0 Å². The minimum Gasteiger partial charge on any atom is -0.342 e. The van der Waals surface area contributed by atoms with Crippen molar-refractivity contribution < 1.29 is 8.91 Å². The monoisotopic (exact) mass is 396 g/mol. The Kier molecular flexibility index (Phi) is 3.40. The molecule has 1 aliphatic heterocycles. The van der Waals surface area contributed by atoms with Gasteiger partial charge in [0.05, 0.1) is 10.2 Å².